The van der Waals surface area contributed by atoms with Crippen molar-refractivity contribution in [2.75, 3.05) is 32.7 Å². The van der Waals surface area contributed by atoms with Crippen LogP contribution in [0.1, 0.15) is 40.7 Å². The predicted octanol–water partition coefficient (Wildman–Crippen LogP) is 5.61. The van der Waals surface area contributed by atoms with Crippen molar-refractivity contribution in [2.45, 2.75) is 38.1 Å². The van der Waals surface area contributed by atoms with Crippen LogP contribution in [0.15, 0.2) is 60.8 Å². The van der Waals surface area contributed by atoms with Gasteiger partial charge in [0.15, 0.2) is 5.78 Å². The van der Waals surface area contributed by atoms with Crippen molar-refractivity contribution < 1.29 is 13.9 Å². The van der Waals surface area contributed by atoms with Crippen molar-refractivity contribution in [3.8, 4) is 16.3 Å². The number of ether oxygens (including phenoxy) is 1. The third-order valence-electron chi connectivity index (χ3n) is 8.31. The number of thiazole rings is 1. The summed E-state index contributed by atoms with van der Waals surface area (Å²) in [7, 11) is 0. The number of fused-ring (bicyclic) bond motifs is 4. The maximum atomic E-state index is 13.8. The lowest BCUT2D eigenvalue weighted by Crippen LogP contribution is -2.52. The van der Waals surface area contributed by atoms with Gasteiger partial charge in [-0.05, 0) is 62.0 Å². The average molecular weight is 543 g/mol. The lowest BCUT2D eigenvalue weighted by Gasteiger charge is -2.44. The first-order chi connectivity index (χ1) is 19.1. The zero-order chi connectivity index (χ0) is 26.3. The molecule has 4 aromatic rings. The van der Waals surface area contributed by atoms with E-state index in [2.05, 4.69) is 14.8 Å². The molecule has 4 fully saturated rings. The summed E-state index contributed by atoms with van der Waals surface area (Å²) in [5.74, 6) is 1.30. The lowest BCUT2D eigenvalue weighted by atomic mass is 9.86. The number of benzene rings is 2. The van der Waals surface area contributed by atoms with E-state index in [1.807, 2.05) is 60.8 Å². The quantitative estimate of drug-likeness (QED) is 0.283. The first kappa shape index (κ1) is 24.8. The number of likely N-dealkylation sites (tertiary alicyclic amines) is 1. The molecule has 2 aromatic carbocycles. The monoisotopic (exact) mass is 542 g/mol. The number of hydrogen-bond donors (Lipinski definition) is 0. The number of carbonyl (C=O) groups is 1. The Balaban J connectivity index is 1.13. The summed E-state index contributed by atoms with van der Waals surface area (Å²) in [6, 6.07) is 17.3. The second-order valence-corrected chi connectivity index (χ2v) is 12.0. The molecule has 2 bridgehead atoms. The highest BCUT2D eigenvalue weighted by Crippen LogP contribution is 2.34. The average Bonchev–Trinajstić information content (AvgIpc) is 3.59. The first-order valence-corrected chi connectivity index (χ1v) is 14.7. The second kappa shape index (κ2) is 10.4. The third kappa shape index (κ3) is 5.09. The number of carbonyl (C=O) groups excluding carboxylic acids is 1. The van der Waals surface area contributed by atoms with Gasteiger partial charge in [0.05, 0.1) is 0 Å². The van der Waals surface area contributed by atoms with E-state index in [0.717, 1.165) is 45.3 Å². The molecule has 0 amide bonds. The van der Waals surface area contributed by atoms with Crippen molar-refractivity contribution in [3.63, 3.8) is 0 Å². The molecule has 0 radical (unpaired) electrons. The van der Waals surface area contributed by atoms with Crippen LogP contribution in [0.25, 0.3) is 20.9 Å². The standard InChI is InChI=1S/C31H31FN4O2S/c32-23-10-13-36(18-23)17-20-14-27-31(33-16-20)39-30(34-27)26-7-2-1-6-25(26)29(37)22-4-3-5-24(15-22)38-28-19-35-11-8-21(28)9-12-35/h1-7,14-16,21,23,28H,8-13,17-19H2/t23-,28?/m1/s1. The summed E-state index contributed by atoms with van der Waals surface area (Å²) in [4.78, 5) is 28.7. The van der Waals surface area contributed by atoms with Gasteiger partial charge in [0, 0.05) is 49.1 Å². The van der Waals surface area contributed by atoms with Gasteiger partial charge in [0.2, 0.25) is 0 Å². The van der Waals surface area contributed by atoms with Gasteiger partial charge in [-0.1, -0.05) is 47.7 Å². The number of halogens is 1. The van der Waals surface area contributed by atoms with Gasteiger partial charge in [-0.15, -0.1) is 0 Å². The van der Waals surface area contributed by atoms with Gasteiger partial charge in [0.25, 0.3) is 0 Å². The molecular weight excluding hydrogens is 511 g/mol. The third-order valence-corrected chi connectivity index (χ3v) is 9.32. The van der Waals surface area contributed by atoms with Crippen LogP contribution in [0.4, 0.5) is 4.39 Å². The number of rotatable bonds is 7. The molecule has 2 atom stereocenters. The highest BCUT2D eigenvalue weighted by atomic mass is 32.1. The Morgan fingerprint density at radius 2 is 1.90 bits per heavy atom. The molecule has 8 rings (SSSR count). The number of alkyl halides is 1. The molecule has 0 spiro atoms. The number of hydrogen-bond acceptors (Lipinski definition) is 7. The van der Waals surface area contributed by atoms with Crippen LogP contribution in [0.2, 0.25) is 0 Å². The molecule has 0 saturated carbocycles. The summed E-state index contributed by atoms with van der Waals surface area (Å²) in [5, 5.41) is 0.767. The normalized spacial score (nSPS) is 24.8. The second-order valence-electron chi connectivity index (χ2n) is 11.0. The van der Waals surface area contributed by atoms with Crippen molar-refractivity contribution in [2.24, 2.45) is 5.92 Å². The van der Waals surface area contributed by atoms with Crippen molar-refractivity contribution in [3.05, 3.63) is 77.5 Å². The Labute approximate surface area is 231 Å². The summed E-state index contributed by atoms with van der Waals surface area (Å²) in [6.07, 6.45) is 4.27. The minimum absolute atomic E-state index is 0.0484. The fourth-order valence-corrected chi connectivity index (χ4v) is 7.14. The number of piperidine rings is 3. The van der Waals surface area contributed by atoms with Crippen LogP contribution in [0.3, 0.4) is 0 Å². The summed E-state index contributed by atoms with van der Waals surface area (Å²) >= 11 is 1.48. The highest BCUT2D eigenvalue weighted by Gasteiger charge is 2.35. The smallest absolute Gasteiger partial charge is 0.193 e. The van der Waals surface area contributed by atoms with Crippen LogP contribution < -0.4 is 4.74 Å². The Hall–Kier alpha value is -3.20. The Morgan fingerprint density at radius 3 is 2.69 bits per heavy atom. The number of ketones is 1. The van der Waals surface area contributed by atoms with Crippen LogP contribution in [-0.2, 0) is 6.54 Å². The minimum atomic E-state index is -0.741. The van der Waals surface area contributed by atoms with Crippen LogP contribution in [0, 0.1) is 5.92 Å². The molecule has 4 saturated heterocycles. The van der Waals surface area contributed by atoms with Crippen LogP contribution >= 0.6 is 11.3 Å². The molecule has 0 N–H and O–H groups in total. The summed E-state index contributed by atoms with van der Waals surface area (Å²) in [6.45, 7) is 5.21. The zero-order valence-corrected chi connectivity index (χ0v) is 22.6. The molecule has 6 heterocycles. The molecular formula is C31H31FN4O2S. The van der Waals surface area contributed by atoms with E-state index in [9.17, 15) is 9.18 Å². The van der Waals surface area contributed by atoms with E-state index in [0.29, 0.717) is 36.6 Å². The molecule has 1 unspecified atom stereocenters. The highest BCUT2D eigenvalue weighted by molar-refractivity contribution is 7.21. The fraction of sp³-hybridized carbons (Fsp3) is 0.387. The Bertz CT molecular complexity index is 1520. The Kier molecular flexibility index (Phi) is 6.62. The molecule has 8 heteroatoms. The first-order valence-electron chi connectivity index (χ1n) is 13.8. The van der Waals surface area contributed by atoms with Crippen LogP contribution in [0.5, 0.6) is 5.75 Å². The molecule has 4 aliphatic heterocycles. The van der Waals surface area contributed by atoms with Gasteiger partial charge < -0.3 is 4.74 Å². The van der Waals surface area contributed by atoms with Gasteiger partial charge in [-0.25, -0.2) is 14.4 Å². The van der Waals surface area contributed by atoms with Gasteiger partial charge in [-0.3, -0.25) is 14.6 Å². The molecule has 0 aliphatic carbocycles. The van der Waals surface area contributed by atoms with E-state index >= 15 is 0 Å². The van der Waals surface area contributed by atoms with Crippen molar-refractivity contribution >= 4 is 27.5 Å². The fourth-order valence-electron chi connectivity index (χ4n) is 6.21. The van der Waals surface area contributed by atoms with E-state index < -0.39 is 6.17 Å². The van der Waals surface area contributed by atoms with Crippen molar-refractivity contribution in [1.29, 1.82) is 0 Å². The predicted molar refractivity (Wildman–Crippen MR) is 151 cm³/mol. The SMILES string of the molecule is O=C(c1cccc(OC2CN3CCC2CC3)c1)c1ccccc1-c1nc2cc(CN3CC[C@@H](F)C3)cnc2s1. The minimum Gasteiger partial charge on any atom is -0.489 e. The van der Waals surface area contributed by atoms with Crippen LogP contribution in [-0.4, -0.2) is 70.6 Å². The Morgan fingerprint density at radius 1 is 1.03 bits per heavy atom. The van der Waals surface area contributed by atoms with Gasteiger partial charge in [-0.2, -0.15) is 0 Å². The molecule has 2 aromatic heterocycles. The van der Waals surface area contributed by atoms with Gasteiger partial charge >= 0.3 is 0 Å². The van der Waals surface area contributed by atoms with Crippen molar-refractivity contribution in [1.82, 2.24) is 19.8 Å². The molecule has 39 heavy (non-hydrogen) atoms. The van der Waals surface area contributed by atoms with E-state index in [4.69, 9.17) is 9.72 Å². The maximum Gasteiger partial charge on any atom is 0.193 e. The van der Waals surface area contributed by atoms with E-state index in [1.165, 1.54) is 37.3 Å². The topological polar surface area (TPSA) is 58.6 Å². The maximum absolute atomic E-state index is 13.8. The largest absolute Gasteiger partial charge is 0.489 e. The number of pyridine rings is 1. The van der Waals surface area contributed by atoms with E-state index in [1.54, 1.807) is 0 Å². The molecule has 4 aliphatic rings. The lowest BCUT2D eigenvalue weighted by molar-refractivity contribution is -0.00778. The van der Waals surface area contributed by atoms with Gasteiger partial charge in [0.1, 0.15) is 33.4 Å². The number of nitrogens with zero attached hydrogens (tertiary/aromatic N) is 4. The van der Waals surface area contributed by atoms with E-state index in [-0.39, 0.29) is 11.9 Å². The summed E-state index contributed by atoms with van der Waals surface area (Å²) < 4.78 is 20.0. The molecule has 6 nitrogen and oxygen atoms in total. The zero-order valence-electron chi connectivity index (χ0n) is 21.8. The summed E-state index contributed by atoms with van der Waals surface area (Å²) in [5.41, 5.74) is 3.86. The molecule has 200 valence electrons. The number of aromatic nitrogens is 2.